The van der Waals surface area contributed by atoms with Gasteiger partial charge < -0.3 is 15.5 Å². The lowest BCUT2D eigenvalue weighted by atomic mass is 10.2. The Labute approximate surface area is 107 Å². The molecule has 0 aliphatic rings. The van der Waals surface area contributed by atoms with Gasteiger partial charge in [0.1, 0.15) is 0 Å². The number of phenols is 2. The molecule has 17 heavy (non-hydrogen) atoms. The molecule has 96 valence electrons. The van der Waals surface area contributed by atoms with E-state index in [0.29, 0.717) is 0 Å². The lowest BCUT2D eigenvalue weighted by molar-refractivity contribution is 0.403. The molecule has 3 N–H and O–H groups in total. The van der Waals surface area contributed by atoms with Crippen LogP contribution in [-0.4, -0.2) is 28.8 Å². The minimum atomic E-state index is -0.0641. The summed E-state index contributed by atoms with van der Waals surface area (Å²) < 4.78 is 0. The van der Waals surface area contributed by atoms with E-state index in [4.69, 9.17) is 5.11 Å². The fourth-order valence-electron chi connectivity index (χ4n) is 1.58. The van der Waals surface area contributed by atoms with Crippen LogP contribution >= 0.6 is 11.8 Å². The minimum absolute atomic E-state index is 0.0516. The highest BCUT2D eigenvalue weighted by atomic mass is 32.2. The number of thioether (sulfide) groups is 1. The fraction of sp³-hybridized carbons (Fsp3) is 0.538. The maximum Gasteiger partial charge on any atom is 0.157 e. The van der Waals surface area contributed by atoms with Gasteiger partial charge >= 0.3 is 0 Å². The quantitative estimate of drug-likeness (QED) is 0.494. The first-order valence-corrected chi connectivity index (χ1v) is 7.34. The summed E-state index contributed by atoms with van der Waals surface area (Å²) in [6.45, 7) is 1.73. The smallest absolute Gasteiger partial charge is 0.157 e. The molecular weight excluding hydrogens is 234 g/mol. The third kappa shape index (κ3) is 5.84. The molecule has 0 saturated heterocycles. The topological polar surface area (TPSA) is 52.5 Å². The first-order chi connectivity index (χ1) is 8.24. The average Bonchev–Trinajstić information content (AvgIpc) is 2.32. The first kappa shape index (κ1) is 14.2. The maximum atomic E-state index is 9.32. The van der Waals surface area contributed by atoms with Crippen LogP contribution < -0.4 is 5.32 Å². The predicted molar refractivity (Wildman–Crippen MR) is 73.7 cm³/mol. The Morgan fingerprint density at radius 3 is 2.65 bits per heavy atom. The molecule has 0 heterocycles. The van der Waals surface area contributed by atoms with E-state index in [1.165, 1.54) is 31.1 Å². The van der Waals surface area contributed by atoms with Gasteiger partial charge in [0.15, 0.2) is 11.5 Å². The van der Waals surface area contributed by atoms with Gasteiger partial charge in [-0.25, -0.2) is 0 Å². The van der Waals surface area contributed by atoms with Gasteiger partial charge in [0, 0.05) is 6.54 Å². The summed E-state index contributed by atoms with van der Waals surface area (Å²) in [6, 6.07) is 4.93. The molecule has 1 rings (SSSR count). The van der Waals surface area contributed by atoms with Crippen LogP contribution in [0.1, 0.15) is 24.8 Å². The zero-order valence-electron chi connectivity index (χ0n) is 10.3. The van der Waals surface area contributed by atoms with Gasteiger partial charge in [0.05, 0.1) is 0 Å². The summed E-state index contributed by atoms with van der Waals surface area (Å²) in [5.41, 5.74) is 0.990. The fourth-order valence-corrected chi connectivity index (χ4v) is 2.08. The second-order valence-corrected chi connectivity index (χ2v) is 5.04. The molecule has 0 saturated carbocycles. The molecule has 0 atom stereocenters. The SMILES string of the molecule is CSCCCCCNCc1ccc(O)c(O)c1. The Hall–Kier alpha value is -0.870. The number of phenolic OH excluding ortho intramolecular Hbond substituents is 2. The molecule has 0 spiro atoms. The van der Waals surface area contributed by atoms with Crippen molar-refractivity contribution in [2.75, 3.05) is 18.6 Å². The molecule has 0 unspecified atom stereocenters. The number of hydrogen-bond acceptors (Lipinski definition) is 4. The van der Waals surface area contributed by atoms with E-state index in [1.807, 2.05) is 17.8 Å². The molecule has 0 aromatic heterocycles. The van der Waals surface area contributed by atoms with Crippen molar-refractivity contribution >= 4 is 11.8 Å². The van der Waals surface area contributed by atoms with Crippen LogP contribution in [0.15, 0.2) is 18.2 Å². The lowest BCUT2D eigenvalue weighted by Crippen LogP contribution is -2.14. The third-order valence-corrected chi connectivity index (χ3v) is 3.27. The molecule has 1 aromatic rings. The highest BCUT2D eigenvalue weighted by Gasteiger charge is 1.99. The van der Waals surface area contributed by atoms with Crippen molar-refractivity contribution < 1.29 is 10.2 Å². The van der Waals surface area contributed by atoms with Crippen LogP contribution in [0.5, 0.6) is 11.5 Å². The highest BCUT2D eigenvalue weighted by Crippen LogP contribution is 2.24. The maximum absolute atomic E-state index is 9.32. The standard InChI is InChI=1S/C13H21NO2S/c1-17-8-4-2-3-7-14-10-11-5-6-12(15)13(16)9-11/h5-6,9,14-16H,2-4,7-8,10H2,1H3. The summed E-state index contributed by atoms with van der Waals surface area (Å²) in [7, 11) is 0. The molecule has 0 aliphatic carbocycles. The highest BCUT2D eigenvalue weighted by molar-refractivity contribution is 7.98. The van der Waals surface area contributed by atoms with Crippen LogP contribution in [0.25, 0.3) is 0 Å². The molecule has 0 radical (unpaired) electrons. The van der Waals surface area contributed by atoms with Gasteiger partial charge in [-0.3, -0.25) is 0 Å². The van der Waals surface area contributed by atoms with Gasteiger partial charge in [-0.1, -0.05) is 12.5 Å². The van der Waals surface area contributed by atoms with E-state index in [2.05, 4.69) is 11.6 Å². The van der Waals surface area contributed by atoms with Crippen molar-refractivity contribution in [3.63, 3.8) is 0 Å². The van der Waals surface area contributed by atoms with E-state index in [0.717, 1.165) is 18.7 Å². The molecule has 0 amide bonds. The Morgan fingerprint density at radius 2 is 1.94 bits per heavy atom. The molecule has 0 fully saturated rings. The summed E-state index contributed by atoms with van der Waals surface area (Å²) in [6.07, 6.45) is 5.86. The van der Waals surface area contributed by atoms with Crippen molar-refractivity contribution in [3.8, 4) is 11.5 Å². The van der Waals surface area contributed by atoms with E-state index in [-0.39, 0.29) is 11.5 Å². The summed E-state index contributed by atoms with van der Waals surface area (Å²) in [4.78, 5) is 0. The number of benzene rings is 1. The van der Waals surface area contributed by atoms with Gasteiger partial charge in [-0.05, 0) is 49.1 Å². The van der Waals surface area contributed by atoms with Crippen molar-refractivity contribution in [1.29, 1.82) is 0 Å². The Morgan fingerprint density at radius 1 is 1.12 bits per heavy atom. The van der Waals surface area contributed by atoms with Crippen molar-refractivity contribution in [2.24, 2.45) is 0 Å². The minimum Gasteiger partial charge on any atom is -0.504 e. The van der Waals surface area contributed by atoms with Gasteiger partial charge in [0.2, 0.25) is 0 Å². The number of aromatic hydroxyl groups is 2. The Balaban J connectivity index is 2.11. The van der Waals surface area contributed by atoms with E-state index >= 15 is 0 Å². The summed E-state index contributed by atoms with van der Waals surface area (Å²) in [5.74, 6) is 1.13. The molecule has 0 aliphatic heterocycles. The van der Waals surface area contributed by atoms with Crippen LogP contribution in [-0.2, 0) is 6.54 Å². The lowest BCUT2D eigenvalue weighted by Gasteiger charge is -2.06. The van der Waals surface area contributed by atoms with Crippen molar-refractivity contribution in [2.45, 2.75) is 25.8 Å². The van der Waals surface area contributed by atoms with Crippen LogP contribution in [0.2, 0.25) is 0 Å². The first-order valence-electron chi connectivity index (χ1n) is 5.94. The second-order valence-electron chi connectivity index (χ2n) is 4.05. The number of hydrogen-bond donors (Lipinski definition) is 3. The van der Waals surface area contributed by atoms with Gasteiger partial charge in [-0.15, -0.1) is 0 Å². The van der Waals surface area contributed by atoms with Crippen LogP contribution in [0.3, 0.4) is 0 Å². The van der Waals surface area contributed by atoms with Gasteiger partial charge in [-0.2, -0.15) is 11.8 Å². The predicted octanol–water partition coefficient (Wildman–Crippen LogP) is 2.72. The molecular formula is C13H21NO2S. The number of rotatable bonds is 8. The third-order valence-electron chi connectivity index (χ3n) is 2.57. The number of unbranched alkanes of at least 4 members (excludes halogenated alkanes) is 2. The molecule has 0 bridgehead atoms. The van der Waals surface area contributed by atoms with Gasteiger partial charge in [0.25, 0.3) is 0 Å². The summed E-state index contributed by atoms with van der Waals surface area (Å²) in [5, 5.41) is 21.8. The average molecular weight is 255 g/mol. The number of nitrogens with one attached hydrogen (secondary N) is 1. The largest absolute Gasteiger partial charge is 0.504 e. The Bertz CT molecular complexity index is 331. The van der Waals surface area contributed by atoms with E-state index in [1.54, 1.807) is 6.07 Å². The zero-order valence-corrected chi connectivity index (χ0v) is 11.1. The van der Waals surface area contributed by atoms with E-state index in [9.17, 15) is 5.11 Å². The van der Waals surface area contributed by atoms with Crippen molar-refractivity contribution in [3.05, 3.63) is 23.8 Å². The monoisotopic (exact) mass is 255 g/mol. The molecule has 1 aromatic carbocycles. The Kier molecular flexibility index (Phi) is 6.89. The second kappa shape index (κ2) is 8.25. The molecule has 3 nitrogen and oxygen atoms in total. The normalized spacial score (nSPS) is 10.6. The molecule has 4 heteroatoms. The zero-order chi connectivity index (χ0) is 12.5. The summed E-state index contributed by atoms with van der Waals surface area (Å²) >= 11 is 1.89. The van der Waals surface area contributed by atoms with E-state index < -0.39 is 0 Å². The van der Waals surface area contributed by atoms with Crippen molar-refractivity contribution in [1.82, 2.24) is 5.32 Å². The van der Waals surface area contributed by atoms with Crippen LogP contribution in [0, 0.1) is 0 Å². The van der Waals surface area contributed by atoms with Crippen LogP contribution in [0.4, 0.5) is 0 Å².